The van der Waals surface area contributed by atoms with Crippen LogP contribution in [0.3, 0.4) is 0 Å². The minimum atomic E-state index is -5.51. The number of nitrogen functional groups attached to an aromatic ring is 1. The lowest BCUT2D eigenvalue weighted by Gasteiger charge is -2.22. The largest absolute Gasteiger partial charge is 0.481 e. The Labute approximate surface area is 268 Å². The van der Waals surface area contributed by atoms with E-state index >= 15 is 0 Å². The maximum absolute atomic E-state index is 12.6. The Balaban J connectivity index is 1.21. The topological polar surface area (TPSA) is 339 Å². The molecule has 26 heteroatoms. The molecule has 0 aromatic carbocycles. The maximum atomic E-state index is 12.6. The molecule has 23 nitrogen and oxygen atoms in total. The number of nitrogens with two attached hydrogens (primary N) is 1. The van der Waals surface area contributed by atoms with Crippen LogP contribution in [0.15, 0.2) is 37.2 Å². The van der Waals surface area contributed by atoms with E-state index in [9.17, 15) is 53.4 Å². The van der Waals surface area contributed by atoms with Crippen molar-refractivity contribution in [3.63, 3.8) is 0 Å². The van der Waals surface area contributed by atoms with E-state index in [0.29, 0.717) is 0 Å². The van der Waals surface area contributed by atoms with Gasteiger partial charge in [-0.1, -0.05) is 0 Å². The third-order valence-electron chi connectivity index (χ3n) is 7.10. The molecular formula is C22H30N6O17P3+. The van der Waals surface area contributed by atoms with Crippen molar-refractivity contribution >= 4 is 46.2 Å². The standard InChI is InChI=1S/C22H29N6O17P3/c1-10(29)11-3-2-4-27(5-11)21-17(32)15(30)12(42-21)6-40-47(36,37)45-48(38,39)41-7-13-16(31)18(44-46(33,34)35)22(43-13)28-9-26-14-19(23)24-8-25-20(14)28/h2-5,8-9,12-13,15-18,21-22,30-32H,6-7H2,1H3,(H5-,23,24,25,33,34,35,36,37,38,39)/p+1/t12-,13-,15-,16?,17-,18-,21?,22-/m1/s1. The molecule has 10 atom stereocenters. The van der Waals surface area contributed by atoms with Crippen LogP contribution < -0.4 is 10.3 Å². The summed E-state index contributed by atoms with van der Waals surface area (Å²) < 4.78 is 68.6. The lowest BCUT2D eigenvalue weighted by molar-refractivity contribution is -0.765. The lowest BCUT2D eigenvalue weighted by Crippen LogP contribution is -2.46. The Kier molecular flexibility index (Phi) is 10.6. The molecule has 0 bridgehead atoms. The van der Waals surface area contributed by atoms with Gasteiger partial charge in [0.25, 0.3) is 6.23 Å². The fourth-order valence-corrected chi connectivity index (χ4v) is 7.53. The molecule has 9 N–H and O–H groups in total. The fraction of sp³-hybridized carbons (Fsp3) is 0.500. The van der Waals surface area contributed by atoms with E-state index in [1.807, 2.05) is 0 Å². The van der Waals surface area contributed by atoms with Gasteiger partial charge in [-0.3, -0.25) is 22.9 Å². The van der Waals surface area contributed by atoms with Gasteiger partial charge in [-0.15, -0.1) is 0 Å². The third-order valence-corrected chi connectivity index (χ3v) is 10.2. The van der Waals surface area contributed by atoms with Crippen LogP contribution in [0.5, 0.6) is 0 Å². The summed E-state index contributed by atoms with van der Waals surface area (Å²) >= 11 is 0. The Morgan fingerprint density at radius 2 is 1.62 bits per heavy atom. The zero-order valence-corrected chi connectivity index (χ0v) is 27.0. The van der Waals surface area contributed by atoms with Gasteiger partial charge in [0.05, 0.1) is 25.1 Å². The van der Waals surface area contributed by atoms with Gasteiger partial charge in [-0.2, -0.15) is 8.88 Å². The van der Waals surface area contributed by atoms with Crippen LogP contribution in [0.2, 0.25) is 0 Å². The summed E-state index contributed by atoms with van der Waals surface area (Å²) in [6, 6.07) is 2.99. The summed E-state index contributed by atoms with van der Waals surface area (Å²) in [7, 11) is -16.2. The Morgan fingerprint density at radius 3 is 2.25 bits per heavy atom. The number of pyridine rings is 1. The molecule has 2 aliphatic heterocycles. The predicted octanol–water partition coefficient (Wildman–Crippen LogP) is -1.80. The molecule has 264 valence electrons. The molecule has 0 amide bonds. The number of aliphatic hydroxyl groups is 3. The molecule has 0 aliphatic carbocycles. The monoisotopic (exact) mass is 743 g/mol. The minimum absolute atomic E-state index is 0.00786. The van der Waals surface area contributed by atoms with E-state index in [0.717, 1.165) is 17.2 Å². The van der Waals surface area contributed by atoms with Crippen LogP contribution in [0, 0.1) is 0 Å². The number of ether oxygens (including phenoxy) is 2. The normalized spacial score (nSPS) is 30.3. The second-order valence-corrected chi connectivity index (χ2v) is 14.7. The van der Waals surface area contributed by atoms with E-state index in [4.69, 9.17) is 28.8 Å². The fourth-order valence-electron chi connectivity index (χ4n) is 4.89. The summed E-state index contributed by atoms with van der Waals surface area (Å²) in [4.78, 5) is 62.4. The number of nitrogens with zero attached hydrogens (tertiary/aromatic N) is 5. The molecule has 0 saturated carbocycles. The Hall–Kier alpha value is -2.66. The number of phosphoric ester groups is 3. The smallest absolute Gasteiger partial charge is 0.387 e. The summed E-state index contributed by atoms with van der Waals surface area (Å²) in [5.41, 5.74) is 6.10. The number of carbonyl (C=O) groups excluding carboxylic acids is 1. The first-order valence-electron chi connectivity index (χ1n) is 13.6. The zero-order chi connectivity index (χ0) is 35.2. The van der Waals surface area contributed by atoms with Crippen LogP contribution in [-0.2, 0) is 41.1 Å². The van der Waals surface area contributed by atoms with Crippen molar-refractivity contribution in [1.82, 2.24) is 19.5 Å². The molecule has 48 heavy (non-hydrogen) atoms. The first kappa shape index (κ1) is 36.6. The van der Waals surface area contributed by atoms with Crippen LogP contribution in [-0.4, -0.2) is 110 Å². The number of Topliss-reactive ketones (excluding diaryl/α,β-unsaturated/α-hetero) is 1. The number of hydrogen-bond acceptors (Lipinski definition) is 17. The molecule has 4 unspecified atom stereocenters. The number of ketones is 1. The molecule has 5 heterocycles. The van der Waals surface area contributed by atoms with Crippen molar-refractivity contribution in [2.45, 2.75) is 56.0 Å². The average Bonchev–Trinajstić information content (AvgIpc) is 3.64. The third kappa shape index (κ3) is 8.20. The number of phosphoric acid groups is 3. The van der Waals surface area contributed by atoms with E-state index in [2.05, 4.69) is 19.3 Å². The van der Waals surface area contributed by atoms with Gasteiger partial charge in [0.15, 0.2) is 42.0 Å². The highest BCUT2D eigenvalue weighted by Crippen LogP contribution is 2.61. The maximum Gasteiger partial charge on any atom is 0.481 e. The number of fused-ring (bicyclic) bond motifs is 1. The highest BCUT2D eigenvalue weighted by molar-refractivity contribution is 7.61. The number of hydrogen-bond donors (Lipinski definition) is 8. The summed E-state index contributed by atoms with van der Waals surface area (Å²) in [6.07, 6.45) is -8.01. The highest BCUT2D eigenvalue weighted by Gasteiger charge is 2.51. The number of anilines is 1. The van der Waals surface area contributed by atoms with Gasteiger partial charge in [-0.25, -0.2) is 28.6 Å². The molecule has 0 radical (unpaired) electrons. The van der Waals surface area contributed by atoms with Crippen molar-refractivity contribution in [2.75, 3.05) is 18.9 Å². The number of aliphatic hydroxyl groups excluding tert-OH is 3. The van der Waals surface area contributed by atoms with Gasteiger partial charge in [0.2, 0.25) is 0 Å². The Bertz CT molecular complexity index is 1810. The summed E-state index contributed by atoms with van der Waals surface area (Å²) in [6.45, 7) is -0.687. The van der Waals surface area contributed by atoms with E-state index < -0.39 is 85.8 Å². The number of aromatic nitrogens is 5. The molecular weight excluding hydrogens is 713 g/mol. The quantitative estimate of drug-likeness (QED) is 0.0544. The number of carbonyl (C=O) groups is 1. The van der Waals surface area contributed by atoms with E-state index in [1.54, 1.807) is 0 Å². The van der Waals surface area contributed by atoms with Gasteiger partial charge in [0, 0.05) is 6.07 Å². The van der Waals surface area contributed by atoms with Crippen molar-refractivity contribution < 1.29 is 85.3 Å². The van der Waals surface area contributed by atoms with E-state index in [-0.39, 0.29) is 28.3 Å². The van der Waals surface area contributed by atoms with Crippen molar-refractivity contribution in [2.24, 2.45) is 0 Å². The van der Waals surface area contributed by atoms with Gasteiger partial charge < -0.3 is 50.1 Å². The molecule has 5 rings (SSSR count). The zero-order valence-electron chi connectivity index (χ0n) is 24.4. The Morgan fingerprint density at radius 1 is 0.979 bits per heavy atom. The van der Waals surface area contributed by atoms with Crippen LogP contribution in [0.4, 0.5) is 5.82 Å². The molecule has 2 aliphatic rings. The van der Waals surface area contributed by atoms with Gasteiger partial charge in [0.1, 0.15) is 42.4 Å². The first-order chi connectivity index (χ1) is 22.4. The van der Waals surface area contributed by atoms with Crippen LogP contribution in [0.1, 0.15) is 29.7 Å². The lowest BCUT2D eigenvalue weighted by atomic mass is 10.1. The molecule has 0 spiro atoms. The first-order valence-corrected chi connectivity index (χ1v) is 18.1. The van der Waals surface area contributed by atoms with Gasteiger partial charge in [-0.05, 0) is 13.0 Å². The van der Waals surface area contributed by atoms with Crippen molar-refractivity contribution in [3.05, 3.63) is 42.7 Å². The molecule has 3 aromatic heterocycles. The molecule has 2 saturated heterocycles. The van der Waals surface area contributed by atoms with Crippen LogP contribution >= 0.6 is 23.5 Å². The van der Waals surface area contributed by atoms with Crippen molar-refractivity contribution in [3.8, 4) is 0 Å². The summed E-state index contributed by atoms with van der Waals surface area (Å²) in [5, 5.41) is 31.6. The second-order valence-electron chi connectivity index (χ2n) is 10.5. The predicted molar refractivity (Wildman–Crippen MR) is 152 cm³/mol. The molecule has 2 fully saturated rings. The van der Waals surface area contributed by atoms with Crippen LogP contribution in [0.25, 0.3) is 11.2 Å². The minimum Gasteiger partial charge on any atom is -0.387 e. The highest BCUT2D eigenvalue weighted by atomic mass is 31.3. The van der Waals surface area contributed by atoms with E-state index in [1.165, 1.54) is 36.0 Å². The van der Waals surface area contributed by atoms with Crippen molar-refractivity contribution in [1.29, 1.82) is 0 Å². The molecule has 3 aromatic rings. The average molecular weight is 743 g/mol. The SMILES string of the molecule is CC(=O)c1ccc[n+](C2O[C@H](COP(=O)(O)OP(=O)(O)OC[C@H]3O[C@@H](n4cnc5c(N)ncnc54)[C@H](OP(=O)(O)O)C3O)[C@@H](O)[C@H]2O)c1. The number of imidazole rings is 1. The summed E-state index contributed by atoms with van der Waals surface area (Å²) in [5.74, 6) is -0.344. The van der Waals surface area contributed by atoms with Gasteiger partial charge >= 0.3 is 23.5 Å². The number of rotatable bonds is 13. The second kappa shape index (κ2) is 13.9.